The van der Waals surface area contributed by atoms with E-state index < -0.39 is 0 Å². The van der Waals surface area contributed by atoms with Crippen molar-refractivity contribution in [3.8, 4) is 6.07 Å². The van der Waals surface area contributed by atoms with Gasteiger partial charge in [-0.2, -0.15) is 5.26 Å². The van der Waals surface area contributed by atoms with Crippen LogP contribution in [-0.2, 0) is 11.3 Å². The van der Waals surface area contributed by atoms with Crippen molar-refractivity contribution in [2.75, 3.05) is 39.3 Å². The number of nitrogens with zero attached hydrogens (tertiary/aromatic N) is 3. The number of nitrogens with two attached hydrogens (primary N) is 1. The molecule has 7 nitrogen and oxygen atoms in total. The minimum absolute atomic E-state index is 0.110. The maximum Gasteiger partial charge on any atom is 0.266 e. The molecule has 1 aromatic rings. The van der Waals surface area contributed by atoms with Crippen LogP contribution in [0.25, 0.3) is 0 Å². The third-order valence-corrected chi connectivity index (χ3v) is 3.56. The van der Waals surface area contributed by atoms with Gasteiger partial charge in [0.05, 0.1) is 12.8 Å². The molecule has 1 aliphatic heterocycles. The number of hydrogen-bond acceptors (Lipinski definition) is 6. The molecule has 0 atom stereocenters. The Morgan fingerprint density at radius 1 is 1.45 bits per heavy atom. The highest BCUT2D eigenvalue weighted by Gasteiger charge is 2.23. The Kier molecular flexibility index (Phi) is 6.01. The van der Waals surface area contributed by atoms with E-state index >= 15 is 0 Å². The van der Waals surface area contributed by atoms with Crippen molar-refractivity contribution in [3.05, 3.63) is 35.9 Å². The molecule has 2 heterocycles. The summed E-state index contributed by atoms with van der Waals surface area (Å²) < 4.78 is 5.17. The topological polar surface area (TPSA) is 98.5 Å². The molecule has 1 amide bonds. The zero-order valence-corrected chi connectivity index (χ0v) is 12.5. The summed E-state index contributed by atoms with van der Waals surface area (Å²) in [7, 11) is 0. The number of rotatable bonds is 6. The number of furan rings is 1. The number of nitrogens with one attached hydrogen (secondary N) is 1. The molecule has 0 unspecified atom stereocenters. The predicted molar refractivity (Wildman–Crippen MR) is 81.3 cm³/mol. The standard InChI is InChI=1S/C15H21N5O2/c16-3-4-19-5-7-20(8-6-19)15(21)13(10-17)11-18-12-14-2-1-9-22-14/h1-2,9,11,18H,3-8,12,16H2/b13-11-. The Morgan fingerprint density at radius 3 is 2.82 bits per heavy atom. The summed E-state index contributed by atoms with van der Waals surface area (Å²) in [5.41, 5.74) is 5.64. The molecule has 118 valence electrons. The van der Waals surface area contributed by atoms with Crippen LogP contribution in [0, 0.1) is 11.3 Å². The number of amides is 1. The average Bonchev–Trinajstić information content (AvgIpc) is 3.05. The van der Waals surface area contributed by atoms with Crippen molar-refractivity contribution in [1.82, 2.24) is 15.1 Å². The molecule has 0 aromatic carbocycles. The summed E-state index contributed by atoms with van der Waals surface area (Å²) in [6.45, 7) is 4.73. The Morgan fingerprint density at radius 2 is 2.23 bits per heavy atom. The molecule has 1 aromatic heterocycles. The lowest BCUT2D eigenvalue weighted by Gasteiger charge is -2.34. The zero-order valence-electron chi connectivity index (χ0n) is 12.5. The average molecular weight is 303 g/mol. The van der Waals surface area contributed by atoms with Gasteiger partial charge in [-0.25, -0.2) is 0 Å². The fourth-order valence-electron chi connectivity index (χ4n) is 2.34. The first-order chi connectivity index (χ1) is 10.7. The lowest BCUT2D eigenvalue weighted by atomic mass is 10.2. The molecule has 0 radical (unpaired) electrons. The largest absolute Gasteiger partial charge is 0.467 e. The van der Waals surface area contributed by atoms with E-state index in [-0.39, 0.29) is 11.5 Å². The van der Waals surface area contributed by atoms with Gasteiger partial charge < -0.3 is 20.4 Å². The number of piperazine rings is 1. The Hall–Kier alpha value is -2.30. The summed E-state index contributed by atoms with van der Waals surface area (Å²) in [5.74, 6) is 0.512. The van der Waals surface area contributed by atoms with Crippen LogP contribution in [0.15, 0.2) is 34.6 Å². The van der Waals surface area contributed by atoms with Gasteiger partial charge in [0, 0.05) is 45.5 Å². The molecule has 1 saturated heterocycles. The predicted octanol–water partition coefficient (Wildman–Crippen LogP) is -0.120. The van der Waals surface area contributed by atoms with Gasteiger partial charge in [0.15, 0.2) is 0 Å². The van der Waals surface area contributed by atoms with Crippen molar-refractivity contribution in [2.24, 2.45) is 5.73 Å². The maximum absolute atomic E-state index is 12.3. The lowest BCUT2D eigenvalue weighted by molar-refractivity contribution is -0.128. The smallest absolute Gasteiger partial charge is 0.266 e. The van der Waals surface area contributed by atoms with Crippen LogP contribution in [0.2, 0.25) is 0 Å². The van der Waals surface area contributed by atoms with Gasteiger partial charge in [-0.15, -0.1) is 0 Å². The summed E-state index contributed by atoms with van der Waals surface area (Å²) in [6.07, 6.45) is 3.04. The third-order valence-electron chi connectivity index (χ3n) is 3.56. The normalized spacial score (nSPS) is 16.4. The van der Waals surface area contributed by atoms with E-state index in [1.165, 1.54) is 6.20 Å². The van der Waals surface area contributed by atoms with Crippen molar-refractivity contribution < 1.29 is 9.21 Å². The van der Waals surface area contributed by atoms with Crippen LogP contribution in [0.1, 0.15) is 5.76 Å². The molecule has 22 heavy (non-hydrogen) atoms. The highest BCUT2D eigenvalue weighted by atomic mass is 16.3. The number of carbonyl (C=O) groups is 1. The van der Waals surface area contributed by atoms with Crippen LogP contribution < -0.4 is 11.1 Å². The third kappa shape index (κ3) is 4.35. The molecular weight excluding hydrogens is 282 g/mol. The first-order valence-electron chi connectivity index (χ1n) is 7.32. The first kappa shape index (κ1) is 16.1. The Bertz CT molecular complexity index is 539. The first-order valence-corrected chi connectivity index (χ1v) is 7.32. The Balaban J connectivity index is 1.85. The van der Waals surface area contributed by atoms with Gasteiger partial charge >= 0.3 is 0 Å². The second-order valence-electron chi connectivity index (χ2n) is 5.05. The molecule has 0 saturated carbocycles. The molecule has 1 aliphatic rings. The highest BCUT2D eigenvalue weighted by Crippen LogP contribution is 2.06. The van der Waals surface area contributed by atoms with Crippen LogP contribution >= 0.6 is 0 Å². The minimum atomic E-state index is -0.234. The van der Waals surface area contributed by atoms with Gasteiger partial charge in [0.1, 0.15) is 17.4 Å². The second-order valence-corrected chi connectivity index (χ2v) is 5.05. The molecular formula is C15H21N5O2. The number of hydrogen-bond donors (Lipinski definition) is 2. The van der Waals surface area contributed by atoms with Crippen molar-refractivity contribution in [3.63, 3.8) is 0 Å². The maximum atomic E-state index is 12.3. The zero-order chi connectivity index (χ0) is 15.8. The van der Waals surface area contributed by atoms with Gasteiger partial charge in [-0.3, -0.25) is 9.69 Å². The minimum Gasteiger partial charge on any atom is -0.467 e. The Labute approximate surface area is 130 Å². The molecule has 2 rings (SSSR count). The monoisotopic (exact) mass is 303 g/mol. The van der Waals surface area contributed by atoms with E-state index in [2.05, 4.69) is 10.2 Å². The molecule has 0 bridgehead atoms. The molecule has 3 N–H and O–H groups in total. The summed E-state index contributed by atoms with van der Waals surface area (Å²) in [4.78, 5) is 16.2. The van der Waals surface area contributed by atoms with Gasteiger partial charge in [0.25, 0.3) is 5.91 Å². The molecule has 7 heteroatoms. The van der Waals surface area contributed by atoms with E-state index in [1.54, 1.807) is 17.2 Å². The van der Waals surface area contributed by atoms with E-state index in [4.69, 9.17) is 15.4 Å². The van der Waals surface area contributed by atoms with Crippen LogP contribution in [0.4, 0.5) is 0 Å². The van der Waals surface area contributed by atoms with Crippen LogP contribution in [0.5, 0.6) is 0 Å². The SMILES string of the molecule is N#C/C(=C/NCc1ccco1)C(=O)N1CCN(CCN)CC1. The fraction of sp³-hybridized carbons (Fsp3) is 0.467. The summed E-state index contributed by atoms with van der Waals surface area (Å²) >= 11 is 0. The van der Waals surface area contributed by atoms with Crippen LogP contribution in [0.3, 0.4) is 0 Å². The summed E-state index contributed by atoms with van der Waals surface area (Å²) in [5, 5.41) is 12.1. The second kappa shape index (κ2) is 8.22. The quantitative estimate of drug-likeness (QED) is 0.561. The molecule has 0 spiro atoms. The van der Waals surface area contributed by atoms with Gasteiger partial charge in [-0.05, 0) is 12.1 Å². The fourth-order valence-corrected chi connectivity index (χ4v) is 2.34. The molecule has 0 aliphatic carbocycles. The van der Waals surface area contributed by atoms with E-state index in [0.29, 0.717) is 26.2 Å². The van der Waals surface area contributed by atoms with Gasteiger partial charge in [-0.1, -0.05) is 0 Å². The van der Waals surface area contributed by atoms with Crippen molar-refractivity contribution in [1.29, 1.82) is 5.26 Å². The molecule has 1 fully saturated rings. The van der Waals surface area contributed by atoms with Gasteiger partial charge in [0.2, 0.25) is 0 Å². The number of carbonyl (C=O) groups excluding carboxylic acids is 1. The van der Waals surface area contributed by atoms with Crippen molar-refractivity contribution >= 4 is 5.91 Å². The van der Waals surface area contributed by atoms with E-state index in [0.717, 1.165) is 25.4 Å². The van der Waals surface area contributed by atoms with Crippen LogP contribution in [-0.4, -0.2) is 55.0 Å². The van der Waals surface area contributed by atoms with E-state index in [9.17, 15) is 4.79 Å². The van der Waals surface area contributed by atoms with E-state index in [1.807, 2.05) is 12.1 Å². The highest BCUT2D eigenvalue weighted by molar-refractivity contribution is 5.97. The number of nitriles is 1. The summed E-state index contributed by atoms with van der Waals surface area (Å²) in [6, 6.07) is 5.57. The lowest BCUT2D eigenvalue weighted by Crippen LogP contribution is -2.50. The van der Waals surface area contributed by atoms with Crippen molar-refractivity contribution in [2.45, 2.75) is 6.54 Å².